The lowest BCUT2D eigenvalue weighted by molar-refractivity contribution is 0.306. The third kappa shape index (κ3) is 4.01. The van der Waals surface area contributed by atoms with E-state index in [1.54, 1.807) is 6.07 Å². The molecule has 1 aromatic rings. The molecule has 0 aliphatic carbocycles. The van der Waals surface area contributed by atoms with Crippen LogP contribution in [0.5, 0.6) is 5.75 Å². The summed E-state index contributed by atoms with van der Waals surface area (Å²) in [6.07, 6.45) is 0.656. The van der Waals surface area contributed by atoms with Crippen LogP contribution in [-0.2, 0) is 0 Å². The van der Waals surface area contributed by atoms with E-state index in [9.17, 15) is 4.39 Å². The van der Waals surface area contributed by atoms with Crippen molar-refractivity contribution in [2.75, 3.05) is 19.0 Å². The summed E-state index contributed by atoms with van der Waals surface area (Å²) >= 11 is 0. The summed E-state index contributed by atoms with van der Waals surface area (Å²) in [5.41, 5.74) is 5.89. The van der Waals surface area contributed by atoms with Gasteiger partial charge < -0.3 is 21.0 Å². The minimum atomic E-state index is -0.422. The Balaban J connectivity index is 2.63. The average molecular weight is 269 g/mol. The summed E-state index contributed by atoms with van der Waals surface area (Å²) in [7, 11) is 1.49. The van der Waals surface area contributed by atoms with Gasteiger partial charge in [0.1, 0.15) is 17.4 Å². The zero-order valence-corrected chi connectivity index (χ0v) is 11.4. The molecule has 6 heteroatoms. The van der Waals surface area contributed by atoms with E-state index in [4.69, 9.17) is 15.7 Å². The molecular formula is C13H20FN3O2. The minimum absolute atomic E-state index is 0.181. The lowest BCUT2D eigenvalue weighted by atomic mass is 9.88. The topological polar surface area (TPSA) is 79.9 Å². The van der Waals surface area contributed by atoms with Gasteiger partial charge in [-0.15, -0.1) is 0 Å². The first-order valence-corrected chi connectivity index (χ1v) is 5.96. The maximum absolute atomic E-state index is 13.0. The molecule has 0 aliphatic rings. The highest BCUT2D eigenvalue weighted by Gasteiger charge is 2.23. The van der Waals surface area contributed by atoms with Crippen LogP contribution in [0.1, 0.15) is 20.3 Å². The fourth-order valence-electron chi connectivity index (χ4n) is 1.58. The number of hydrogen-bond acceptors (Lipinski definition) is 4. The summed E-state index contributed by atoms with van der Waals surface area (Å²) in [6, 6.07) is 4.29. The number of hydrogen-bond donors (Lipinski definition) is 3. The Morgan fingerprint density at radius 3 is 2.79 bits per heavy atom. The van der Waals surface area contributed by atoms with Gasteiger partial charge >= 0.3 is 0 Å². The van der Waals surface area contributed by atoms with Crippen molar-refractivity contribution in [1.29, 1.82) is 0 Å². The van der Waals surface area contributed by atoms with Crippen molar-refractivity contribution in [3.63, 3.8) is 0 Å². The number of benzene rings is 1. The predicted octanol–water partition coefficient (Wildman–Crippen LogP) is 2.41. The van der Waals surface area contributed by atoms with E-state index in [0.717, 1.165) is 0 Å². The van der Waals surface area contributed by atoms with Gasteiger partial charge in [-0.1, -0.05) is 19.0 Å². The normalized spacial score (nSPS) is 12.3. The van der Waals surface area contributed by atoms with Gasteiger partial charge in [-0.2, -0.15) is 0 Å². The molecule has 1 rings (SSSR count). The quantitative estimate of drug-likeness (QED) is 0.321. The predicted molar refractivity (Wildman–Crippen MR) is 73.2 cm³/mol. The Labute approximate surface area is 112 Å². The fourth-order valence-corrected chi connectivity index (χ4v) is 1.58. The van der Waals surface area contributed by atoms with Gasteiger partial charge in [-0.25, -0.2) is 4.39 Å². The zero-order valence-electron chi connectivity index (χ0n) is 11.4. The van der Waals surface area contributed by atoms with Crippen molar-refractivity contribution in [2.24, 2.45) is 16.3 Å². The first-order valence-electron chi connectivity index (χ1n) is 5.96. The van der Waals surface area contributed by atoms with Gasteiger partial charge in [0.2, 0.25) is 0 Å². The second kappa shape index (κ2) is 6.26. The first-order chi connectivity index (χ1) is 8.90. The van der Waals surface area contributed by atoms with E-state index in [0.29, 0.717) is 24.4 Å². The molecule has 0 atom stereocenters. The molecule has 0 heterocycles. The number of halogens is 1. The van der Waals surface area contributed by atoms with E-state index in [1.165, 1.54) is 19.2 Å². The van der Waals surface area contributed by atoms with Crippen molar-refractivity contribution in [3.8, 4) is 5.75 Å². The van der Waals surface area contributed by atoms with Crippen LogP contribution in [0.4, 0.5) is 10.1 Å². The van der Waals surface area contributed by atoms with Crippen LogP contribution in [0.3, 0.4) is 0 Å². The molecule has 0 radical (unpaired) electrons. The lowest BCUT2D eigenvalue weighted by Gasteiger charge is -2.23. The molecule has 4 N–H and O–H groups in total. The number of nitrogens with one attached hydrogen (secondary N) is 1. The third-order valence-electron chi connectivity index (χ3n) is 3.03. The van der Waals surface area contributed by atoms with Crippen LogP contribution in [-0.4, -0.2) is 24.7 Å². The number of ether oxygens (including phenoxy) is 1. The fraction of sp³-hybridized carbons (Fsp3) is 0.462. The molecule has 5 nitrogen and oxygen atoms in total. The lowest BCUT2D eigenvalue weighted by Crippen LogP contribution is -2.33. The number of nitrogens with zero attached hydrogens (tertiary/aromatic N) is 1. The molecule has 0 aromatic heterocycles. The van der Waals surface area contributed by atoms with Gasteiger partial charge in [0.15, 0.2) is 0 Å². The number of rotatable bonds is 6. The molecule has 0 saturated carbocycles. The number of amidine groups is 1. The molecular weight excluding hydrogens is 249 g/mol. The van der Waals surface area contributed by atoms with E-state index in [1.807, 2.05) is 13.8 Å². The molecule has 19 heavy (non-hydrogen) atoms. The summed E-state index contributed by atoms with van der Waals surface area (Å²) in [6.45, 7) is 4.35. The van der Waals surface area contributed by atoms with E-state index < -0.39 is 5.41 Å². The van der Waals surface area contributed by atoms with Crippen LogP contribution in [0, 0.1) is 11.2 Å². The summed E-state index contributed by atoms with van der Waals surface area (Å²) in [5.74, 6) is 0.279. The molecule has 0 fully saturated rings. The number of oxime groups is 1. The Morgan fingerprint density at radius 2 is 2.21 bits per heavy atom. The van der Waals surface area contributed by atoms with Crippen LogP contribution >= 0.6 is 0 Å². The van der Waals surface area contributed by atoms with Gasteiger partial charge in [-0.05, 0) is 18.6 Å². The van der Waals surface area contributed by atoms with Crippen molar-refractivity contribution >= 4 is 11.5 Å². The number of nitrogens with two attached hydrogens (primary N) is 1. The highest BCUT2D eigenvalue weighted by atomic mass is 19.1. The van der Waals surface area contributed by atoms with Gasteiger partial charge in [0.05, 0.1) is 12.8 Å². The Kier molecular flexibility index (Phi) is 4.97. The monoisotopic (exact) mass is 269 g/mol. The van der Waals surface area contributed by atoms with Gasteiger partial charge in [0, 0.05) is 18.0 Å². The van der Waals surface area contributed by atoms with E-state index in [2.05, 4.69) is 10.5 Å². The van der Waals surface area contributed by atoms with Crippen LogP contribution in [0.25, 0.3) is 0 Å². The molecule has 0 amide bonds. The molecule has 0 spiro atoms. The molecule has 0 aliphatic heterocycles. The van der Waals surface area contributed by atoms with Gasteiger partial charge in [-0.3, -0.25) is 0 Å². The second-order valence-electron chi connectivity index (χ2n) is 4.89. The third-order valence-corrected chi connectivity index (χ3v) is 3.03. The average Bonchev–Trinajstić information content (AvgIpc) is 2.39. The van der Waals surface area contributed by atoms with Crippen LogP contribution in [0.15, 0.2) is 23.4 Å². The Bertz CT molecular complexity index is 461. The van der Waals surface area contributed by atoms with Crippen molar-refractivity contribution in [1.82, 2.24) is 0 Å². The second-order valence-corrected chi connectivity index (χ2v) is 4.89. The Hall–Kier alpha value is -1.98. The molecule has 0 bridgehead atoms. The highest BCUT2D eigenvalue weighted by molar-refractivity contribution is 5.85. The summed E-state index contributed by atoms with van der Waals surface area (Å²) in [4.78, 5) is 0. The largest absolute Gasteiger partial charge is 0.494 e. The van der Waals surface area contributed by atoms with Crippen LogP contribution < -0.4 is 15.8 Å². The van der Waals surface area contributed by atoms with Gasteiger partial charge in [0.25, 0.3) is 0 Å². The molecule has 0 unspecified atom stereocenters. The zero-order chi connectivity index (χ0) is 14.5. The molecule has 106 valence electrons. The van der Waals surface area contributed by atoms with Crippen LogP contribution in [0.2, 0.25) is 0 Å². The number of anilines is 1. The highest BCUT2D eigenvalue weighted by Crippen LogP contribution is 2.26. The molecule has 1 aromatic carbocycles. The standard InChI is InChI=1S/C13H20FN3O2/c1-13(2,12(15)17-18)6-7-16-10-5-4-9(14)8-11(10)19-3/h4-5,8,16,18H,6-7H2,1-3H3,(H2,15,17). The summed E-state index contributed by atoms with van der Waals surface area (Å²) < 4.78 is 18.1. The first kappa shape index (κ1) is 15.1. The maximum atomic E-state index is 13.0. The SMILES string of the molecule is COc1cc(F)ccc1NCCC(C)(C)C(N)=NO. The van der Waals surface area contributed by atoms with E-state index in [-0.39, 0.29) is 11.7 Å². The van der Waals surface area contributed by atoms with Crippen molar-refractivity contribution in [3.05, 3.63) is 24.0 Å². The Morgan fingerprint density at radius 1 is 1.53 bits per heavy atom. The smallest absolute Gasteiger partial charge is 0.144 e. The van der Waals surface area contributed by atoms with Crippen molar-refractivity contribution in [2.45, 2.75) is 20.3 Å². The van der Waals surface area contributed by atoms with E-state index >= 15 is 0 Å². The minimum Gasteiger partial charge on any atom is -0.494 e. The molecule has 0 saturated heterocycles. The summed E-state index contributed by atoms with van der Waals surface area (Å²) in [5, 5.41) is 14.8. The number of methoxy groups -OCH3 is 1. The van der Waals surface area contributed by atoms with Crippen molar-refractivity contribution < 1.29 is 14.3 Å². The maximum Gasteiger partial charge on any atom is 0.144 e.